The van der Waals surface area contributed by atoms with Gasteiger partial charge in [-0.3, -0.25) is 20.0 Å². The average Bonchev–Trinajstić information content (AvgIpc) is 2.98. The van der Waals surface area contributed by atoms with Gasteiger partial charge in [0.25, 0.3) is 11.6 Å². The number of nitro benzene ring substituents is 1. The Labute approximate surface area is 252 Å². The van der Waals surface area contributed by atoms with Gasteiger partial charge in [-0.1, -0.05) is 24.3 Å². The average molecular weight is 620 g/mol. The van der Waals surface area contributed by atoms with Gasteiger partial charge in [-0.15, -0.1) is 0 Å². The van der Waals surface area contributed by atoms with E-state index in [2.05, 4.69) is 20.1 Å². The monoisotopic (exact) mass is 619 g/mol. The number of hydrogen-bond acceptors (Lipinski definition) is 7. The Morgan fingerprint density at radius 1 is 0.955 bits per heavy atom. The van der Waals surface area contributed by atoms with Crippen molar-refractivity contribution >= 4 is 17.1 Å². The van der Waals surface area contributed by atoms with E-state index in [1.165, 1.54) is 18.2 Å². The number of halogens is 5. The van der Waals surface area contributed by atoms with Gasteiger partial charge in [-0.05, 0) is 43.4 Å². The highest BCUT2D eigenvalue weighted by molar-refractivity contribution is 5.55. The van der Waals surface area contributed by atoms with Gasteiger partial charge < -0.3 is 15.0 Å². The predicted molar refractivity (Wildman–Crippen MR) is 156 cm³/mol. The molecule has 1 saturated heterocycles. The normalized spacial score (nSPS) is 19.9. The number of hydrogen-bond donors (Lipinski definition) is 1. The summed E-state index contributed by atoms with van der Waals surface area (Å²) in [6.07, 6.45) is 1.29. The Kier molecular flexibility index (Phi) is 9.23. The maximum absolute atomic E-state index is 13.5. The molecule has 0 atom stereocenters. The van der Waals surface area contributed by atoms with E-state index in [4.69, 9.17) is 4.74 Å². The minimum absolute atomic E-state index is 0.00980. The molecular formula is C31H34F5N5O3. The summed E-state index contributed by atoms with van der Waals surface area (Å²) in [5, 5.41) is 14.1. The van der Waals surface area contributed by atoms with Gasteiger partial charge in [0, 0.05) is 69.1 Å². The largest absolute Gasteiger partial charge is 0.489 e. The molecule has 13 heteroatoms. The standard InChI is InChI=1S/C31H34F5N5O3/c1-30(32,33)22-4-2-21(3-5-22)20-39-12-14-40(15-13-39)25-17-27(19-37-18-25)44-26-9-6-23(7-10-26)38-24-8-11-29(41(42)43)28(16-24)31(34,35)36/h2-5,8,11,16-19,23,26,38H,6-7,9-10,12-15,20H2,1H3. The molecule has 0 spiro atoms. The first kappa shape index (κ1) is 31.4. The molecular weight excluding hydrogens is 585 g/mol. The first-order valence-electron chi connectivity index (χ1n) is 14.5. The van der Waals surface area contributed by atoms with Crippen molar-refractivity contribution in [1.29, 1.82) is 0 Å². The number of nitrogens with one attached hydrogen (secondary N) is 1. The lowest BCUT2D eigenvalue weighted by molar-refractivity contribution is -0.388. The van der Waals surface area contributed by atoms with Crippen LogP contribution in [0, 0.1) is 10.1 Å². The van der Waals surface area contributed by atoms with E-state index in [9.17, 15) is 32.1 Å². The summed E-state index contributed by atoms with van der Waals surface area (Å²) in [5.74, 6) is -2.20. The Morgan fingerprint density at radius 3 is 2.25 bits per heavy atom. The molecule has 1 aliphatic heterocycles. The van der Waals surface area contributed by atoms with Crippen LogP contribution in [-0.4, -0.2) is 53.1 Å². The maximum atomic E-state index is 13.5. The van der Waals surface area contributed by atoms with Gasteiger partial charge in [0.15, 0.2) is 0 Å². The van der Waals surface area contributed by atoms with E-state index in [1.807, 2.05) is 6.07 Å². The van der Waals surface area contributed by atoms with Crippen LogP contribution in [0.3, 0.4) is 0 Å². The lowest BCUT2D eigenvalue weighted by Crippen LogP contribution is -2.46. The molecule has 1 N–H and O–H groups in total. The van der Waals surface area contributed by atoms with E-state index in [-0.39, 0.29) is 23.4 Å². The van der Waals surface area contributed by atoms with Gasteiger partial charge in [0.2, 0.25) is 0 Å². The van der Waals surface area contributed by atoms with Crippen LogP contribution in [-0.2, 0) is 18.6 Å². The van der Waals surface area contributed by atoms with E-state index in [0.29, 0.717) is 38.0 Å². The SMILES string of the molecule is CC(F)(F)c1ccc(CN2CCN(c3cncc(OC4CCC(Nc5ccc([N+](=O)[O-])c(C(F)(F)F)c5)CC4)c3)CC2)cc1. The molecule has 8 nitrogen and oxygen atoms in total. The van der Waals surface area contributed by atoms with Gasteiger partial charge in [0.1, 0.15) is 11.3 Å². The van der Waals surface area contributed by atoms with E-state index >= 15 is 0 Å². The van der Waals surface area contributed by atoms with Crippen molar-refractivity contribution in [2.45, 2.75) is 63.4 Å². The van der Waals surface area contributed by atoms with Crippen LogP contribution in [0.5, 0.6) is 5.75 Å². The zero-order valence-electron chi connectivity index (χ0n) is 24.2. The quantitative estimate of drug-likeness (QED) is 0.154. The minimum Gasteiger partial charge on any atom is -0.489 e. The second kappa shape index (κ2) is 12.9. The first-order chi connectivity index (χ1) is 20.8. The number of alkyl halides is 5. The van der Waals surface area contributed by atoms with Crippen molar-refractivity contribution in [3.63, 3.8) is 0 Å². The van der Waals surface area contributed by atoms with Crippen molar-refractivity contribution in [2.24, 2.45) is 0 Å². The third kappa shape index (κ3) is 7.93. The molecule has 2 heterocycles. The third-order valence-electron chi connectivity index (χ3n) is 8.15. The second-order valence-electron chi connectivity index (χ2n) is 11.4. The molecule has 1 aliphatic carbocycles. The fourth-order valence-corrected chi connectivity index (χ4v) is 5.74. The summed E-state index contributed by atoms with van der Waals surface area (Å²) in [5.41, 5.74) is -0.0844. The number of aromatic nitrogens is 1. The summed E-state index contributed by atoms with van der Waals surface area (Å²) in [7, 11) is 0. The molecule has 0 radical (unpaired) electrons. The lowest BCUT2D eigenvalue weighted by atomic mass is 9.92. The summed E-state index contributed by atoms with van der Waals surface area (Å²) < 4.78 is 73.2. The number of nitrogens with zero attached hydrogens (tertiary/aromatic N) is 4. The predicted octanol–water partition coefficient (Wildman–Crippen LogP) is 7.24. The molecule has 1 aromatic heterocycles. The van der Waals surface area contributed by atoms with Crippen molar-refractivity contribution in [3.8, 4) is 5.75 Å². The highest BCUT2D eigenvalue weighted by atomic mass is 19.4. The van der Waals surface area contributed by atoms with Gasteiger partial charge in [-0.25, -0.2) is 8.78 Å². The molecule has 44 heavy (non-hydrogen) atoms. The van der Waals surface area contributed by atoms with Crippen molar-refractivity contribution in [2.75, 3.05) is 36.4 Å². The van der Waals surface area contributed by atoms with Crippen LogP contribution >= 0.6 is 0 Å². The zero-order valence-corrected chi connectivity index (χ0v) is 24.2. The number of anilines is 2. The second-order valence-corrected chi connectivity index (χ2v) is 11.4. The van der Waals surface area contributed by atoms with Crippen LogP contribution in [0.1, 0.15) is 49.3 Å². The summed E-state index contributed by atoms with van der Waals surface area (Å²) in [6.45, 7) is 4.78. The molecule has 1 saturated carbocycles. The zero-order chi connectivity index (χ0) is 31.5. The fraction of sp³-hybridized carbons (Fsp3) is 0.452. The van der Waals surface area contributed by atoms with Crippen molar-refractivity contribution < 1.29 is 31.6 Å². The number of ether oxygens (including phenoxy) is 1. The van der Waals surface area contributed by atoms with E-state index < -0.39 is 28.3 Å². The molecule has 2 aliphatic rings. The Balaban J connectivity index is 1.09. The van der Waals surface area contributed by atoms with Gasteiger partial charge in [0.05, 0.1) is 29.1 Å². The van der Waals surface area contributed by atoms with Crippen LogP contribution in [0.15, 0.2) is 60.9 Å². The Morgan fingerprint density at radius 2 is 1.64 bits per heavy atom. The minimum atomic E-state index is -4.83. The Hall–Kier alpha value is -4.00. The molecule has 3 aromatic rings. The van der Waals surface area contributed by atoms with E-state index in [0.717, 1.165) is 56.5 Å². The van der Waals surface area contributed by atoms with Crippen LogP contribution < -0.4 is 15.0 Å². The molecule has 236 valence electrons. The van der Waals surface area contributed by atoms with Crippen LogP contribution in [0.4, 0.5) is 39.0 Å². The highest BCUT2D eigenvalue weighted by Crippen LogP contribution is 2.38. The topological polar surface area (TPSA) is 83.8 Å². The number of benzene rings is 2. The number of piperazine rings is 1. The summed E-state index contributed by atoms with van der Waals surface area (Å²) in [6, 6.07) is 11.4. The fourth-order valence-electron chi connectivity index (χ4n) is 5.74. The van der Waals surface area contributed by atoms with Crippen LogP contribution in [0.2, 0.25) is 0 Å². The molecule has 2 aromatic carbocycles. The molecule has 0 bridgehead atoms. The summed E-state index contributed by atoms with van der Waals surface area (Å²) in [4.78, 5) is 18.9. The summed E-state index contributed by atoms with van der Waals surface area (Å²) >= 11 is 0. The third-order valence-corrected chi connectivity index (χ3v) is 8.15. The maximum Gasteiger partial charge on any atom is 0.423 e. The van der Waals surface area contributed by atoms with Crippen LogP contribution in [0.25, 0.3) is 0 Å². The molecule has 5 rings (SSSR count). The number of nitro groups is 1. The number of pyridine rings is 1. The van der Waals surface area contributed by atoms with Gasteiger partial charge >= 0.3 is 6.18 Å². The Bertz CT molecular complexity index is 1430. The molecule has 2 fully saturated rings. The molecule has 0 unspecified atom stereocenters. The number of rotatable bonds is 9. The highest BCUT2D eigenvalue weighted by Gasteiger charge is 2.38. The van der Waals surface area contributed by atoms with Gasteiger partial charge in [-0.2, -0.15) is 13.2 Å². The first-order valence-corrected chi connectivity index (χ1v) is 14.5. The van der Waals surface area contributed by atoms with Crippen molar-refractivity contribution in [3.05, 3.63) is 87.7 Å². The van der Waals surface area contributed by atoms with E-state index in [1.54, 1.807) is 24.5 Å². The lowest BCUT2D eigenvalue weighted by Gasteiger charge is -2.36. The molecule has 0 amide bonds. The smallest absolute Gasteiger partial charge is 0.423 e. The van der Waals surface area contributed by atoms with Crippen molar-refractivity contribution in [1.82, 2.24) is 9.88 Å².